The molecular formula is C15H17FN2O2S. The molecule has 0 saturated heterocycles. The predicted molar refractivity (Wildman–Crippen MR) is 82.3 cm³/mol. The zero-order valence-corrected chi connectivity index (χ0v) is 12.9. The van der Waals surface area contributed by atoms with Gasteiger partial charge in [0.1, 0.15) is 5.82 Å². The molecule has 0 saturated carbocycles. The van der Waals surface area contributed by atoms with Crippen molar-refractivity contribution in [1.29, 1.82) is 0 Å². The SMILES string of the molecule is Cc1cc(F)cc(C)c1S(=O)(=O)N(C)c1cccc(N)c1. The average Bonchev–Trinajstić information content (AvgIpc) is 2.36. The Morgan fingerprint density at radius 1 is 1.10 bits per heavy atom. The highest BCUT2D eigenvalue weighted by Crippen LogP contribution is 2.28. The number of sulfonamides is 1. The van der Waals surface area contributed by atoms with Crippen molar-refractivity contribution in [2.75, 3.05) is 17.1 Å². The van der Waals surface area contributed by atoms with E-state index in [4.69, 9.17) is 5.73 Å². The van der Waals surface area contributed by atoms with E-state index in [2.05, 4.69) is 0 Å². The lowest BCUT2D eigenvalue weighted by atomic mass is 10.1. The summed E-state index contributed by atoms with van der Waals surface area (Å²) >= 11 is 0. The number of nitrogens with zero attached hydrogens (tertiary/aromatic N) is 1. The van der Waals surface area contributed by atoms with Crippen LogP contribution in [0.3, 0.4) is 0 Å². The summed E-state index contributed by atoms with van der Waals surface area (Å²) in [5.41, 5.74) is 7.37. The van der Waals surface area contributed by atoms with E-state index in [0.29, 0.717) is 22.5 Å². The van der Waals surface area contributed by atoms with Crippen LogP contribution < -0.4 is 10.0 Å². The Kier molecular flexibility index (Phi) is 3.91. The molecule has 0 aromatic heterocycles. The summed E-state index contributed by atoms with van der Waals surface area (Å²) in [5, 5.41) is 0. The van der Waals surface area contributed by atoms with Crippen LogP contribution in [0.15, 0.2) is 41.3 Å². The number of nitrogen functional groups attached to an aromatic ring is 1. The number of nitrogens with two attached hydrogens (primary N) is 1. The van der Waals surface area contributed by atoms with E-state index in [0.717, 1.165) is 4.31 Å². The maximum atomic E-state index is 13.3. The molecule has 0 atom stereocenters. The molecule has 4 nitrogen and oxygen atoms in total. The van der Waals surface area contributed by atoms with Gasteiger partial charge >= 0.3 is 0 Å². The van der Waals surface area contributed by atoms with Gasteiger partial charge in [0, 0.05) is 12.7 Å². The van der Waals surface area contributed by atoms with Crippen LogP contribution in [0.25, 0.3) is 0 Å². The summed E-state index contributed by atoms with van der Waals surface area (Å²) in [6, 6.07) is 9.02. The Bertz CT molecular complexity index is 765. The van der Waals surface area contributed by atoms with Crippen molar-refractivity contribution in [3.8, 4) is 0 Å². The zero-order chi connectivity index (χ0) is 15.8. The smallest absolute Gasteiger partial charge is 0.264 e. The topological polar surface area (TPSA) is 63.4 Å². The molecule has 0 aliphatic rings. The number of benzene rings is 2. The number of rotatable bonds is 3. The second-order valence-electron chi connectivity index (χ2n) is 4.94. The molecule has 0 radical (unpaired) electrons. The van der Waals surface area contributed by atoms with Gasteiger partial charge in [-0.2, -0.15) is 0 Å². The largest absolute Gasteiger partial charge is 0.399 e. The second kappa shape index (κ2) is 5.37. The van der Waals surface area contributed by atoms with E-state index in [1.807, 2.05) is 0 Å². The first-order valence-corrected chi connectivity index (χ1v) is 7.78. The third-order valence-electron chi connectivity index (χ3n) is 3.28. The molecule has 0 unspecified atom stereocenters. The summed E-state index contributed by atoms with van der Waals surface area (Å²) in [6.07, 6.45) is 0. The summed E-state index contributed by atoms with van der Waals surface area (Å²) < 4.78 is 40.0. The first-order chi connectivity index (χ1) is 9.73. The van der Waals surface area contributed by atoms with Gasteiger partial charge < -0.3 is 5.73 Å². The fraction of sp³-hybridized carbons (Fsp3) is 0.200. The van der Waals surface area contributed by atoms with Crippen molar-refractivity contribution in [2.24, 2.45) is 0 Å². The molecule has 2 N–H and O–H groups in total. The van der Waals surface area contributed by atoms with Crippen LogP contribution in [0, 0.1) is 19.7 Å². The van der Waals surface area contributed by atoms with Gasteiger partial charge in [0.2, 0.25) is 0 Å². The number of anilines is 2. The van der Waals surface area contributed by atoms with E-state index in [9.17, 15) is 12.8 Å². The number of hydrogen-bond acceptors (Lipinski definition) is 3. The molecule has 6 heteroatoms. The lowest BCUT2D eigenvalue weighted by Gasteiger charge is -2.22. The molecule has 0 bridgehead atoms. The van der Waals surface area contributed by atoms with Gasteiger partial charge in [-0.15, -0.1) is 0 Å². The maximum absolute atomic E-state index is 13.3. The predicted octanol–water partition coefficient (Wildman–Crippen LogP) is 2.85. The van der Waals surface area contributed by atoms with E-state index in [-0.39, 0.29) is 4.90 Å². The Morgan fingerprint density at radius 3 is 2.19 bits per heavy atom. The van der Waals surface area contributed by atoms with Gasteiger partial charge in [-0.25, -0.2) is 12.8 Å². The van der Waals surface area contributed by atoms with Gasteiger partial charge in [-0.3, -0.25) is 4.31 Å². The summed E-state index contributed by atoms with van der Waals surface area (Å²) in [4.78, 5) is 0.119. The van der Waals surface area contributed by atoms with Crippen molar-refractivity contribution >= 4 is 21.4 Å². The fourth-order valence-corrected chi connectivity index (χ4v) is 3.90. The van der Waals surface area contributed by atoms with Crippen LogP contribution in [-0.2, 0) is 10.0 Å². The normalized spacial score (nSPS) is 11.4. The van der Waals surface area contributed by atoms with Crippen molar-refractivity contribution < 1.29 is 12.8 Å². The van der Waals surface area contributed by atoms with Crippen LogP contribution in [0.1, 0.15) is 11.1 Å². The molecule has 2 aromatic rings. The quantitative estimate of drug-likeness (QED) is 0.887. The third-order valence-corrected chi connectivity index (χ3v) is 5.37. The third kappa shape index (κ3) is 2.85. The molecule has 112 valence electrons. The van der Waals surface area contributed by atoms with E-state index in [1.54, 1.807) is 38.1 Å². The molecule has 0 fully saturated rings. The molecule has 2 rings (SSSR count). The van der Waals surface area contributed by atoms with Gasteiger partial charge in [-0.05, 0) is 55.3 Å². The lowest BCUT2D eigenvalue weighted by molar-refractivity contribution is 0.591. The van der Waals surface area contributed by atoms with Crippen LogP contribution >= 0.6 is 0 Å². The molecular weight excluding hydrogens is 291 g/mol. The highest BCUT2D eigenvalue weighted by molar-refractivity contribution is 7.92. The van der Waals surface area contributed by atoms with E-state index >= 15 is 0 Å². The number of halogens is 1. The van der Waals surface area contributed by atoms with Crippen molar-refractivity contribution in [2.45, 2.75) is 18.7 Å². The fourth-order valence-electron chi connectivity index (χ4n) is 2.30. The summed E-state index contributed by atoms with van der Waals surface area (Å²) in [5.74, 6) is -0.449. The van der Waals surface area contributed by atoms with Crippen LogP contribution in [0.5, 0.6) is 0 Å². The van der Waals surface area contributed by atoms with E-state index < -0.39 is 15.8 Å². The molecule has 0 aliphatic heterocycles. The molecule has 0 heterocycles. The van der Waals surface area contributed by atoms with Crippen molar-refractivity contribution in [3.05, 3.63) is 53.3 Å². The molecule has 2 aromatic carbocycles. The molecule has 21 heavy (non-hydrogen) atoms. The second-order valence-corrected chi connectivity index (χ2v) is 6.84. The Balaban J connectivity index is 2.57. The highest BCUT2D eigenvalue weighted by Gasteiger charge is 2.25. The van der Waals surface area contributed by atoms with Gasteiger partial charge in [0.25, 0.3) is 10.0 Å². The van der Waals surface area contributed by atoms with Gasteiger partial charge in [0.05, 0.1) is 10.6 Å². The summed E-state index contributed by atoms with van der Waals surface area (Å²) in [6.45, 7) is 3.16. The minimum atomic E-state index is -3.78. The van der Waals surface area contributed by atoms with Crippen LogP contribution in [0.2, 0.25) is 0 Å². The number of aryl methyl sites for hydroxylation is 2. The lowest BCUT2D eigenvalue weighted by Crippen LogP contribution is -2.28. The highest BCUT2D eigenvalue weighted by atomic mass is 32.2. The maximum Gasteiger partial charge on any atom is 0.264 e. The zero-order valence-electron chi connectivity index (χ0n) is 12.1. The van der Waals surface area contributed by atoms with Crippen molar-refractivity contribution in [3.63, 3.8) is 0 Å². The van der Waals surface area contributed by atoms with E-state index in [1.165, 1.54) is 19.2 Å². The Morgan fingerprint density at radius 2 is 1.67 bits per heavy atom. The molecule has 0 aliphatic carbocycles. The monoisotopic (exact) mass is 308 g/mol. The summed E-state index contributed by atoms with van der Waals surface area (Å²) in [7, 11) is -2.33. The average molecular weight is 308 g/mol. The van der Waals surface area contributed by atoms with Gasteiger partial charge in [-0.1, -0.05) is 6.07 Å². The van der Waals surface area contributed by atoms with Gasteiger partial charge in [0.15, 0.2) is 0 Å². The van der Waals surface area contributed by atoms with Crippen LogP contribution in [-0.4, -0.2) is 15.5 Å². The minimum Gasteiger partial charge on any atom is -0.399 e. The standard InChI is InChI=1S/C15H17FN2O2S/c1-10-7-12(16)8-11(2)15(10)21(19,20)18(3)14-6-4-5-13(17)9-14/h4-9H,17H2,1-3H3. The molecule has 0 spiro atoms. The first kappa shape index (κ1) is 15.3. The first-order valence-electron chi connectivity index (χ1n) is 6.34. The van der Waals surface area contributed by atoms with Crippen molar-refractivity contribution in [1.82, 2.24) is 0 Å². The van der Waals surface area contributed by atoms with Crippen LogP contribution in [0.4, 0.5) is 15.8 Å². The Hall–Kier alpha value is -2.08. The minimum absolute atomic E-state index is 0.119. The molecule has 0 amide bonds. The Labute approximate surface area is 124 Å². The number of hydrogen-bond donors (Lipinski definition) is 1.